The lowest BCUT2D eigenvalue weighted by molar-refractivity contribution is -0.722. The van der Waals surface area contributed by atoms with E-state index in [0.29, 0.717) is 0 Å². The summed E-state index contributed by atoms with van der Waals surface area (Å²) in [5, 5.41) is 17.7. The highest BCUT2D eigenvalue weighted by atomic mass is 35.5. The van der Waals surface area contributed by atoms with Gasteiger partial charge < -0.3 is 22.6 Å². The molecule has 0 aliphatic carbocycles. The number of rotatable bonds is 4. The third-order valence-electron chi connectivity index (χ3n) is 2.38. The second-order valence-corrected chi connectivity index (χ2v) is 3.46. The van der Waals surface area contributed by atoms with Gasteiger partial charge in [0, 0.05) is 6.07 Å². The quantitative estimate of drug-likeness (QED) is 0.531. The van der Waals surface area contributed by atoms with Crippen LogP contribution in [0.1, 0.15) is 11.4 Å². The van der Waals surface area contributed by atoms with Gasteiger partial charge in [-0.25, -0.2) is 0 Å². The topological polar surface area (TPSA) is 66.3 Å². The monoisotopic (exact) mass is 248 g/mol. The van der Waals surface area contributed by atoms with Crippen LogP contribution in [-0.4, -0.2) is 28.0 Å². The summed E-state index contributed by atoms with van der Waals surface area (Å²) >= 11 is 0. The lowest BCUT2D eigenvalue weighted by Crippen LogP contribution is -3.00. The molecule has 1 aromatic heterocycles. The molecule has 0 amide bonds. The van der Waals surface area contributed by atoms with Crippen molar-refractivity contribution in [3.05, 3.63) is 27.9 Å². The zero-order valence-corrected chi connectivity index (χ0v) is 10.2. The van der Waals surface area contributed by atoms with E-state index in [2.05, 4.69) is 0 Å². The fourth-order valence-electron chi connectivity index (χ4n) is 1.65. The molecule has 0 atom stereocenters. The largest absolute Gasteiger partial charge is 1.00 e. The fourth-order valence-corrected chi connectivity index (χ4v) is 1.65. The van der Waals surface area contributed by atoms with Crippen LogP contribution < -0.4 is 22.7 Å². The van der Waals surface area contributed by atoms with Crippen LogP contribution in [0.3, 0.4) is 0 Å². The molecule has 0 unspecified atom stereocenters. The molecular weight excluding hydrogens is 232 g/mol. The van der Waals surface area contributed by atoms with Gasteiger partial charge in [-0.1, -0.05) is 0 Å². The number of aliphatic hydroxyl groups excluding tert-OH is 2. The van der Waals surface area contributed by atoms with E-state index in [1.807, 2.05) is 19.9 Å². The van der Waals surface area contributed by atoms with Crippen LogP contribution in [0.5, 0.6) is 0 Å². The number of hydrogen-bond donors (Lipinski definition) is 2. The van der Waals surface area contributed by atoms with Crippen LogP contribution in [0, 0.1) is 13.8 Å². The number of halogens is 1. The SMILES string of the molecule is Cc1cc(C)[n+](CCO)c(=O)n1CCO.[Cl-]. The molecule has 0 fully saturated rings. The number of aliphatic hydroxyl groups is 2. The number of nitrogens with zero attached hydrogens (tertiary/aromatic N) is 2. The molecule has 0 bridgehead atoms. The molecule has 0 saturated carbocycles. The van der Waals surface area contributed by atoms with Crippen LogP contribution in [0.25, 0.3) is 0 Å². The second kappa shape index (κ2) is 6.62. The van der Waals surface area contributed by atoms with E-state index >= 15 is 0 Å². The lowest BCUT2D eigenvalue weighted by Gasteiger charge is -2.06. The number of aryl methyl sites for hydroxylation is 2. The average Bonchev–Trinajstić information content (AvgIpc) is 2.19. The van der Waals surface area contributed by atoms with Crippen molar-refractivity contribution < 1.29 is 27.2 Å². The van der Waals surface area contributed by atoms with Crippen molar-refractivity contribution in [3.63, 3.8) is 0 Å². The van der Waals surface area contributed by atoms with E-state index in [1.165, 1.54) is 9.13 Å². The molecule has 92 valence electrons. The first-order valence-electron chi connectivity index (χ1n) is 4.94. The highest BCUT2D eigenvalue weighted by molar-refractivity contribution is 5.02. The Kier molecular flexibility index (Phi) is 6.25. The first kappa shape index (κ1) is 15.1. The third kappa shape index (κ3) is 3.04. The Labute approximate surface area is 100 Å². The van der Waals surface area contributed by atoms with Gasteiger partial charge in [0.15, 0.2) is 0 Å². The average molecular weight is 249 g/mol. The molecule has 5 nitrogen and oxygen atoms in total. The Morgan fingerprint density at radius 2 is 1.94 bits per heavy atom. The van der Waals surface area contributed by atoms with E-state index in [1.54, 1.807) is 0 Å². The summed E-state index contributed by atoms with van der Waals surface area (Å²) < 4.78 is 3.01. The molecule has 0 aliphatic rings. The Hall–Kier alpha value is -0.910. The van der Waals surface area contributed by atoms with Crippen LogP contribution in [0.4, 0.5) is 0 Å². The molecule has 1 rings (SSSR count). The summed E-state index contributed by atoms with van der Waals surface area (Å²) in [5.74, 6) is 0. The summed E-state index contributed by atoms with van der Waals surface area (Å²) in [4.78, 5) is 11.9. The van der Waals surface area contributed by atoms with Crippen molar-refractivity contribution in [3.8, 4) is 0 Å². The molecule has 0 aromatic carbocycles. The van der Waals surface area contributed by atoms with Crippen molar-refractivity contribution in [2.75, 3.05) is 13.2 Å². The zero-order chi connectivity index (χ0) is 11.4. The Morgan fingerprint density at radius 1 is 1.31 bits per heavy atom. The van der Waals surface area contributed by atoms with Gasteiger partial charge in [0.1, 0.15) is 24.5 Å². The maximum Gasteiger partial charge on any atom is 0.498 e. The summed E-state index contributed by atoms with van der Waals surface area (Å²) in [7, 11) is 0. The van der Waals surface area contributed by atoms with E-state index in [9.17, 15) is 4.79 Å². The maximum atomic E-state index is 11.9. The molecule has 0 saturated heterocycles. The molecule has 1 heterocycles. The highest BCUT2D eigenvalue weighted by Gasteiger charge is 2.15. The lowest BCUT2D eigenvalue weighted by atomic mass is 10.3. The molecule has 2 N–H and O–H groups in total. The zero-order valence-electron chi connectivity index (χ0n) is 9.48. The van der Waals surface area contributed by atoms with E-state index < -0.39 is 0 Å². The van der Waals surface area contributed by atoms with Gasteiger partial charge in [0.25, 0.3) is 0 Å². The first-order valence-corrected chi connectivity index (χ1v) is 4.94. The fraction of sp³-hybridized carbons (Fsp3) is 0.600. The van der Waals surface area contributed by atoms with E-state index in [0.717, 1.165) is 11.4 Å². The number of hydrogen-bond acceptors (Lipinski definition) is 3. The van der Waals surface area contributed by atoms with Crippen LogP contribution >= 0.6 is 0 Å². The minimum atomic E-state index is -0.185. The second-order valence-electron chi connectivity index (χ2n) is 3.46. The predicted octanol–water partition coefficient (Wildman–Crippen LogP) is -4.26. The highest BCUT2D eigenvalue weighted by Crippen LogP contribution is 1.95. The van der Waals surface area contributed by atoms with Gasteiger partial charge >= 0.3 is 5.69 Å². The van der Waals surface area contributed by atoms with E-state index in [4.69, 9.17) is 10.2 Å². The third-order valence-corrected chi connectivity index (χ3v) is 2.38. The molecule has 16 heavy (non-hydrogen) atoms. The smallest absolute Gasteiger partial charge is 0.498 e. The van der Waals surface area contributed by atoms with Gasteiger partial charge in [-0.3, -0.25) is 0 Å². The van der Waals surface area contributed by atoms with E-state index in [-0.39, 0.29) is 44.4 Å². The van der Waals surface area contributed by atoms with Gasteiger partial charge in [0.05, 0.1) is 13.2 Å². The molecule has 0 aliphatic heterocycles. The molecule has 0 radical (unpaired) electrons. The van der Waals surface area contributed by atoms with Gasteiger partial charge in [-0.15, -0.1) is 0 Å². The first-order chi connectivity index (χ1) is 7.11. The van der Waals surface area contributed by atoms with Gasteiger partial charge in [-0.2, -0.15) is 13.9 Å². The maximum absolute atomic E-state index is 11.9. The summed E-state index contributed by atoms with van der Waals surface area (Å²) in [6, 6.07) is 1.87. The Balaban J connectivity index is 0.00000225. The van der Waals surface area contributed by atoms with Crippen LogP contribution in [0.15, 0.2) is 10.9 Å². The molecule has 6 heteroatoms. The van der Waals surface area contributed by atoms with Crippen molar-refractivity contribution in [2.45, 2.75) is 26.9 Å². The Morgan fingerprint density at radius 3 is 2.44 bits per heavy atom. The normalized spacial score (nSPS) is 10.0. The van der Waals surface area contributed by atoms with Crippen LogP contribution in [0.2, 0.25) is 0 Å². The van der Waals surface area contributed by atoms with Crippen molar-refractivity contribution >= 4 is 0 Å². The summed E-state index contributed by atoms with van der Waals surface area (Å²) in [5.41, 5.74) is 1.46. The summed E-state index contributed by atoms with van der Waals surface area (Å²) in [6.45, 7) is 4.10. The minimum Gasteiger partial charge on any atom is -1.00 e. The van der Waals surface area contributed by atoms with Gasteiger partial charge in [-0.05, 0) is 13.8 Å². The minimum absolute atomic E-state index is 0. The molecule has 1 aromatic rings. The summed E-state index contributed by atoms with van der Waals surface area (Å²) in [6.07, 6.45) is 0. The van der Waals surface area contributed by atoms with Crippen molar-refractivity contribution in [1.82, 2.24) is 4.57 Å². The van der Waals surface area contributed by atoms with Crippen molar-refractivity contribution in [2.24, 2.45) is 0 Å². The number of aromatic nitrogens is 2. The van der Waals surface area contributed by atoms with Crippen LogP contribution in [-0.2, 0) is 13.1 Å². The predicted molar refractivity (Wildman–Crippen MR) is 54.5 cm³/mol. The Bertz CT molecular complexity index is 371. The molecule has 0 spiro atoms. The molecular formula is C10H17ClN2O3. The standard InChI is InChI=1S/C10H17N2O3.ClH/c1-8-7-9(2)12(4-6-14)10(15)11(8)3-5-13;/h7,13-14H,3-6H2,1-2H3;1H/q+1;/p-1. The van der Waals surface area contributed by atoms with Gasteiger partial charge in [0.2, 0.25) is 0 Å². The van der Waals surface area contributed by atoms with Crippen molar-refractivity contribution in [1.29, 1.82) is 0 Å².